The standard InChI is InChI=1S/C14H15BrFNOS/c1-8-3-4-19-14(8)13(9(2)17)18-12-6-10(15)5-11(16)7-12/h3-7,9,13H,17H2,1-2H3. The summed E-state index contributed by atoms with van der Waals surface area (Å²) in [4.78, 5) is 1.08. The Labute approximate surface area is 124 Å². The van der Waals surface area contributed by atoms with E-state index >= 15 is 0 Å². The Morgan fingerprint density at radius 1 is 1.37 bits per heavy atom. The monoisotopic (exact) mass is 343 g/mol. The Balaban J connectivity index is 2.29. The van der Waals surface area contributed by atoms with E-state index in [9.17, 15) is 4.39 Å². The number of halogens is 2. The molecule has 0 fully saturated rings. The van der Waals surface area contributed by atoms with Crippen molar-refractivity contribution in [2.45, 2.75) is 26.0 Å². The second-order valence-electron chi connectivity index (χ2n) is 4.47. The van der Waals surface area contributed by atoms with Crippen molar-refractivity contribution in [1.29, 1.82) is 0 Å². The highest BCUT2D eigenvalue weighted by molar-refractivity contribution is 9.10. The normalized spacial score (nSPS) is 14.2. The number of thiophene rings is 1. The molecule has 0 radical (unpaired) electrons. The average Bonchev–Trinajstić information content (AvgIpc) is 2.70. The van der Waals surface area contributed by atoms with Gasteiger partial charge in [0.2, 0.25) is 0 Å². The van der Waals surface area contributed by atoms with E-state index in [1.807, 2.05) is 25.3 Å². The van der Waals surface area contributed by atoms with Gasteiger partial charge in [-0.1, -0.05) is 15.9 Å². The Bertz CT molecular complexity index is 550. The zero-order valence-electron chi connectivity index (χ0n) is 10.7. The summed E-state index contributed by atoms with van der Waals surface area (Å²) in [6, 6.07) is 6.34. The molecule has 1 aromatic carbocycles. The first-order chi connectivity index (χ1) is 8.97. The van der Waals surface area contributed by atoms with Crippen molar-refractivity contribution in [2.24, 2.45) is 5.73 Å². The van der Waals surface area contributed by atoms with Crippen molar-refractivity contribution in [3.8, 4) is 5.75 Å². The average molecular weight is 344 g/mol. The molecule has 19 heavy (non-hydrogen) atoms. The molecule has 0 bridgehead atoms. The van der Waals surface area contributed by atoms with E-state index in [4.69, 9.17) is 10.5 Å². The molecule has 0 saturated heterocycles. The number of hydrogen-bond donors (Lipinski definition) is 1. The Morgan fingerprint density at radius 3 is 2.63 bits per heavy atom. The molecular weight excluding hydrogens is 329 g/mol. The van der Waals surface area contributed by atoms with Gasteiger partial charge in [-0.15, -0.1) is 11.3 Å². The maximum absolute atomic E-state index is 13.4. The predicted molar refractivity (Wildman–Crippen MR) is 80.2 cm³/mol. The second-order valence-corrected chi connectivity index (χ2v) is 6.33. The lowest BCUT2D eigenvalue weighted by atomic mass is 10.1. The van der Waals surface area contributed by atoms with E-state index in [2.05, 4.69) is 15.9 Å². The fourth-order valence-corrected chi connectivity index (χ4v) is 3.33. The molecule has 0 aliphatic carbocycles. The lowest BCUT2D eigenvalue weighted by molar-refractivity contribution is 0.182. The molecule has 2 atom stereocenters. The summed E-state index contributed by atoms with van der Waals surface area (Å²) in [5.41, 5.74) is 7.14. The van der Waals surface area contributed by atoms with Crippen LogP contribution < -0.4 is 10.5 Å². The van der Waals surface area contributed by atoms with E-state index < -0.39 is 0 Å². The number of aryl methyl sites for hydroxylation is 1. The van der Waals surface area contributed by atoms with Gasteiger partial charge in [0.15, 0.2) is 0 Å². The van der Waals surface area contributed by atoms with Gasteiger partial charge in [-0.2, -0.15) is 0 Å². The van der Waals surface area contributed by atoms with Crippen LogP contribution in [-0.4, -0.2) is 6.04 Å². The maximum atomic E-state index is 13.4. The molecule has 2 N–H and O–H groups in total. The summed E-state index contributed by atoms with van der Waals surface area (Å²) in [6.45, 7) is 3.91. The van der Waals surface area contributed by atoms with Gasteiger partial charge in [0.05, 0.1) is 0 Å². The minimum absolute atomic E-state index is 0.181. The zero-order valence-corrected chi connectivity index (χ0v) is 13.1. The van der Waals surface area contributed by atoms with Gasteiger partial charge in [-0.3, -0.25) is 0 Å². The smallest absolute Gasteiger partial charge is 0.148 e. The Hall–Kier alpha value is -0.910. The fraction of sp³-hybridized carbons (Fsp3) is 0.286. The Kier molecular flexibility index (Phi) is 4.60. The minimum Gasteiger partial charge on any atom is -0.483 e. The summed E-state index contributed by atoms with van der Waals surface area (Å²) in [6.07, 6.45) is -0.270. The molecule has 2 rings (SSSR count). The minimum atomic E-state index is -0.337. The van der Waals surface area contributed by atoms with Gasteiger partial charge in [-0.05, 0) is 43.0 Å². The Morgan fingerprint density at radius 2 is 2.11 bits per heavy atom. The van der Waals surface area contributed by atoms with E-state index in [0.29, 0.717) is 10.2 Å². The molecule has 0 aliphatic rings. The van der Waals surface area contributed by atoms with E-state index in [-0.39, 0.29) is 18.0 Å². The summed E-state index contributed by atoms with van der Waals surface area (Å²) < 4.78 is 19.9. The molecule has 0 saturated carbocycles. The highest BCUT2D eigenvalue weighted by Gasteiger charge is 2.21. The summed E-state index contributed by atoms with van der Waals surface area (Å²) in [5.74, 6) is 0.137. The van der Waals surface area contributed by atoms with Gasteiger partial charge < -0.3 is 10.5 Å². The van der Waals surface area contributed by atoms with Crippen LogP contribution in [0.4, 0.5) is 4.39 Å². The highest BCUT2D eigenvalue weighted by Crippen LogP contribution is 2.31. The molecule has 102 valence electrons. The van der Waals surface area contributed by atoms with Gasteiger partial charge in [0.25, 0.3) is 0 Å². The third kappa shape index (κ3) is 3.55. The third-order valence-electron chi connectivity index (χ3n) is 2.74. The fourth-order valence-electron chi connectivity index (χ4n) is 1.82. The van der Waals surface area contributed by atoms with E-state index in [1.54, 1.807) is 17.4 Å². The molecule has 5 heteroatoms. The largest absolute Gasteiger partial charge is 0.483 e. The molecular formula is C14H15BrFNOS. The third-order valence-corrected chi connectivity index (χ3v) is 4.28. The quantitative estimate of drug-likeness (QED) is 0.891. The molecule has 1 heterocycles. The number of nitrogens with two attached hydrogens (primary N) is 1. The van der Waals surface area contributed by atoms with Crippen LogP contribution in [0.25, 0.3) is 0 Å². The van der Waals surface area contributed by atoms with Crippen LogP contribution in [0.3, 0.4) is 0 Å². The van der Waals surface area contributed by atoms with Gasteiger partial charge in [-0.25, -0.2) is 4.39 Å². The predicted octanol–water partition coefficient (Wildman–Crippen LogP) is 4.43. The molecule has 2 aromatic rings. The molecule has 0 amide bonds. The SMILES string of the molecule is Cc1ccsc1C(Oc1cc(F)cc(Br)c1)C(C)N. The van der Waals surface area contributed by atoms with Crippen molar-refractivity contribution in [3.63, 3.8) is 0 Å². The van der Waals surface area contributed by atoms with Crippen LogP contribution in [-0.2, 0) is 0 Å². The van der Waals surface area contributed by atoms with Crippen molar-refractivity contribution in [2.75, 3.05) is 0 Å². The van der Waals surface area contributed by atoms with E-state index in [0.717, 1.165) is 10.4 Å². The molecule has 2 nitrogen and oxygen atoms in total. The lowest BCUT2D eigenvalue weighted by Crippen LogP contribution is -2.28. The summed E-state index contributed by atoms with van der Waals surface area (Å²) >= 11 is 4.86. The first kappa shape index (κ1) is 14.5. The van der Waals surface area contributed by atoms with Crippen molar-refractivity contribution >= 4 is 27.3 Å². The van der Waals surface area contributed by atoms with Crippen molar-refractivity contribution in [3.05, 3.63) is 50.4 Å². The molecule has 0 spiro atoms. The van der Waals surface area contributed by atoms with Crippen LogP contribution in [0.1, 0.15) is 23.5 Å². The van der Waals surface area contributed by atoms with Crippen molar-refractivity contribution < 1.29 is 9.13 Å². The first-order valence-electron chi connectivity index (χ1n) is 5.89. The van der Waals surface area contributed by atoms with Gasteiger partial charge in [0, 0.05) is 21.5 Å². The topological polar surface area (TPSA) is 35.2 Å². The molecule has 2 unspecified atom stereocenters. The zero-order chi connectivity index (χ0) is 14.0. The van der Waals surface area contributed by atoms with Crippen LogP contribution in [0.15, 0.2) is 34.1 Å². The van der Waals surface area contributed by atoms with Crippen molar-refractivity contribution in [1.82, 2.24) is 0 Å². The first-order valence-corrected chi connectivity index (χ1v) is 7.57. The van der Waals surface area contributed by atoms with Crippen LogP contribution in [0.2, 0.25) is 0 Å². The summed E-state index contributed by atoms with van der Waals surface area (Å²) in [5, 5.41) is 2.00. The highest BCUT2D eigenvalue weighted by atomic mass is 79.9. The van der Waals surface area contributed by atoms with Crippen LogP contribution in [0, 0.1) is 12.7 Å². The van der Waals surface area contributed by atoms with Gasteiger partial charge in [0.1, 0.15) is 17.7 Å². The molecule has 0 aliphatic heterocycles. The number of rotatable bonds is 4. The second kappa shape index (κ2) is 6.03. The molecule has 1 aromatic heterocycles. The number of benzene rings is 1. The number of ether oxygens (including phenoxy) is 1. The van der Waals surface area contributed by atoms with Crippen LogP contribution >= 0.6 is 27.3 Å². The van der Waals surface area contributed by atoms with Crippen LogP contribution in [0.5, 0.6) is 5.75 Å². The lowest BCUT2D eigenvalue weighted by Gasteiger charge is -2.22. The maximum Gasteiger partial charge on any atom is 0.148 e. The van der Waals surface area contributed by atoms with Gasteiger partial charge >= 0.3 is 0 Å². The number of hydrogen-bond acceptors (Lipinski definition) is 3. The summed E-state index contributed by atoms with van der Waals surface area (Å²) in [7, 11) is 0. The van der Waals surface area contributed by atoms with E-state index in [1.165, 1.54) is 12.1 Å².